The van der Waals surface area contributed by atoms with Gasteiger partial charge in [-0.3, -0.25) is 4.79 Å². The van der Waals surface area contributed by atoms with Gasteiger partial charge in [0.1, 0.15) is 22.9 Å². The Balaban J connectivity index is 1.23. The lowest BCUT2D eigenvalue weighted by molar-refractivity contribution is 0.0947. The number of nitrogens with zero attached hydrogens (tertiary/aromatic N) is 4. The van der Waals surface area contributed by atoms with Crippen LogP contribution in [0.1, 0.15) is 34.8 Å². The molecule has 1 unspecified atom stereocenters. The Morgan fingerprint density at radius 3 is 2.86 bits per heavy atom. The van der Waals surface area contributed by atoms with Crippen molar-refractivity contribution in [1.29, 1.82) is 0 Å². The van der Waals surface area contributed by atoms with E-state index in [1.807, 2.05) is 0 Å². The largest absolute Gasteiger partial charge is 0.483 e. The molecule has 11 nitrogen and oxygen atoms in total. The first kappa shape index (κ1) is 22.1. The second-order valence-corrected chi connectivity index (χ2v) is 7.46. The zero-order valence-corrected chi connectivity index (χ0v) is 18.4. The molecule has 2 aromatic carbocycles. The van der Waals surface area contributed by atoms with Crippen LogP contribution >= 0.6 is 0 Å². The summed E-state index contributed by atoms with van der Waals surface area (Å²) in [4.78, 5) is 17.0. The average molecular weight is 478 g/mol. The highest BCUT2D eigenvalue weighted by atomic mass is 19.1. The number of aromatic amines is 1. The van der Waals surface area contributed by atoms with E-state index in [1.54, 1.807) is 43.3 Å². The number of aromatic nitrogens is 5. The minimum absolute atomic E-state index is 0.0507. The first-order chi connectivity index (χ1) is 17.1. The van der Waals surface area contributed by atoms with Crippen molar-refractivity contribution in [2.45, 2.75) is 19.6 Å². The third-order valence-corrected chi connectivity index (χ3v) is 5.10. The summed E-state index contributed by atoms with van der Waals surface area (Å²) >= 11 is 0. The van der Waals surface area contributed by atoms with E-state index in [0.717, 1.165) is 0 Å². The molecule has 0 saturated carbocycles. The molecule has 0 radical (unpaired) electrons. The molecule has 4 aromatic rings. The Bertz CT molecular complexity index is 1350. The molecule has 12 heteroatoms. The van der Waals surface area contributed by atoms with E-state index >= 15 is 0 Å². The van der Waals surface area contributed by atoms with E-state index in [1.165, 1.54) is 18.3 Å². The fourth-order valence-electron chi connectivity index (χ4n) is 3.31. The van der Waals surface area contributed by atoms with Crippen molar-refractivity contribution in [3.63, 3.8) is 0 Å². The van der Waals surface area contributed by atoms with Crippen molar-refractivity contribution in [3.8, 4) is 28.9 Å². The molecule has 1 atom stereocenters. The van der Waals surface area contributed by atoms with Crippen LogP contribution in [0.3, 0.4) is 0 Å². The number of halogens is 1. The van der Waals surface area contributed by atoms with Gasteiger partial charge in [-0.15, -0.1) is 5.10 Å². The lowest BCUT2D eigenvalue weighted by Crippen LogP contribution is -2.24. The summed E-state index contributed by atoms with van der Waals surface area (Å²) in [5.41, 5.74) is 0.474. The highest BCUT2D eigenvalue weighted by molar-refractivity contribution is 5.96. The van der Waals surface area contributed by atoms with Crippen LogP contribution in [-0.4, -0.2) is 38.3 Å². The number of hydrogen-bond acceptors (Lipinski definition) is 9. The van der Waals surface area contributed by atoms with Gasteiger partial charge < -0.3 is 24.3 Å². The zero-order chi connectivity index (χ0) is 24.2. The van der Waals surface area contributed by atoms with Crippen molar-refractivity contribution < 1.29 is 28.1 Å². The molecule has 2 N–H and O–H groups in total. The maximum absolute atomic E-state index is 14.6. The molecule has 1 amide bonds. The molecule has 3 heterocycles. The van der Waals surface area contributed by atoms with Crippen LogP contribution in [0.15, 0.2) is 54.7 Å². The summed E-state index contributed by atoms with van der Waals surface area (Å²) in [5.74, 6) is 1.39. The van der Waals surface area contributed by atoms with Crippen molar-refractivity contribution in [2.24, 2.45) is 0 Å². The predicted octanol–water partition coefficient (Wildman–Crippen LogP) is 3.32. The zero-order valence-electron chi connectivity index (χ0n) is 18.4. The molecular formula is C23H19FN6O5. The van der Waals surface area contributed by atoms with Gasteiger partial charge in [-0.05, 0) is 47.7 Å². The SMILES string of the molecule is CC(Oc1ccc(CNC(=O)c2cccnc2Oc2ccc3c(c2)OCO3)c(F)c1)c1nnn[nH]1. The number of tetrazole rings is 1. The van der Waals surface area contributed by atoms with Crippen LogP contribution < -0.4 is 24.3 Å². The van der Waals surface area contributed by atoms with Gasteiger partial charge in [0.25, 0.3) is 5.91 Å². The second-order valence-electron chi connectivity index (χ2n) is 7.46. The van der Waals surface area contributed by atoms with E-state index in [9.17, 15) is 9.18 Å². The molecule has 1 aliphatic rings. The Kier molecular flexibility index (Phi) is 6.07. The van der Waals surface area contributed by atoms with Gasteiger partial charge in [-0.1, -0.05) is 6.07 Å². The number of carbonyl (C=O) groups is 1. The molecule has 0 aliphatic carbocycles. The van der Waals surface area contributed by atoms with Crippen LogP contribution in [-0.2, 0) is 6.54 Å². The summed E-state index contributed by atoms with van der Waals surface area (Å²) in [5, 5.41) is 16.0. The topological polar surface area (TPSA) is 133 Å². The van der Waals surface area contributed by atoms with Gasteiger partial charge in [0.05, 0.1) is 0 Å². The number of H-pyrrole nitrogens is 1. The van der Waals surface area contributed by atoms with Gasteiger partial charge in [-0.25, -0.2) is 14.5 Å². The van der Waals surface area contributed by atoms with Crippen LogP contribution in [0.25, 0.3) is 0 Å². The van der Waals surface area contributed by atoms with Crippen LogP contribution in [0.5, 0.6) is 28.9 Å². The summed E-state index contributed by atoms with van der Waals surface area (Å²) in [6.45, 7) is 1.81. The molecule has 0 bridgehead atoms. The minimum atomic E-state index is -0.534. The maximum Gasteiger partial charge on any atom is 0.257 e. The van der Waals surface area contributed by atoms with Gasteiger partial charge in [0.15, 0.2) is 23.4 Å². The van der Waals surface area contributed by atoms with Crippen molar-refractivity contribution in [3.05, 3.63) is 77.5 Å². The quantitative estimate of drug-likeness (QED) is 0.391. The molecule has 5 rings (SSSR count). The first-order valence-electron chi connectivity index (χ1n) is 10.6. The number of amides is 1. The van der Waals surface area contributed by atoms with E-state index in [2.05, 4.69) is 30.9 Å². The first-order valence-corrected chi connectivity index (χ1v) is 10.6. The van der Waals surface area contributed by atoms with Crippen molar-refractivity contribution in [1.82, 2.24) is 30.9 Å². The minimum Gasteiger partial charge on any atom is -0.483 e. The standard InChI is InChI=1S/C23H19FN6O5/c1-13(21-27-29-30-28-21)34-15-5-4-14(18(24)9-15)11-26-22(31)17-3-2-8-25-23(17)35-16-6-7-19-20(10-16)33-12-32-19/h2-10,13H,11-12H2,1H3,(H,26,31)(H,27,28,29,30). The van der Waals surface area contributed by atoms with Crippen LogP contribution in [0.2, 0.25) is 0 Å². The normalized spacial score (nSPS) is 12.7. The summed E-state index contributed by atoms with van der Waals surface area (Å²) in [6, 6.07) is 12.6. The Labute approximate surface area is 198 Å². The third kappa shape index (κ3) is 4.95. The van der Waals surface area contributed by atoms with Crippen LogP contribution in [0, 0.1) is 5.82 Å². The van der Waals surface area contributed by atoms with Gasteiger partial charge >= 0.3 is 0 Å². The summed E-state index contributed by atoms with van der Waals surface area (Å²) < 4.78 is 36.7. The van der Waals surface area contributed by atoms with Gasteiger partial charge in [0.2, 0.25) is 12.7 Å². The molecule has 0 spiro atoms. The number of fused-ring (bicyclic) bond motifs is 1. The Morgan fingerprint density at radius 2 is 2.03 bits per heavy atom. The lowest BCUT2D eigenvalue weighted by Gasteiger charge is -2.13. The molecule has 178 valence electrons. The third-order valence-electron chi connectivity index (χ3n) is 5.10. The molecular weight excluding hydrogens is 459 g/mol. The number of ether oxygens (including phenoxy) is 4. The van der Waals surface area contributed by atoms with Gasteiger partial charge in [-0.2, -0.15) is 0 Å². The van der Waals surface area contributed by atoms with Crippen molar-refractivity contribution in [2.75, 3.05) is 6.79 Å². The Hall–Kier alpha value is -4.74. The monoisotopic (exact) mass is 478 g/mol. The number of rotatable bonds is 8. The highest BCUT2D eigenvalue weighted by Gasteiger charge is 2.18. The predicted molar refractivity (Wildman–Crippen MR) is 118 cm³/mol. The molecule has 35 heavy (non-hydrogen) atoms. The smallest absolute Gasteiger partial charge is 0.257 e. The number of carbonyl (C=O) groups excluding carboxylic acids is 1. The molecule has 0 fully saturated rings. The Morgan fingerprint density at radius 1 is 1.17 bits per heavy atom. The molecule has 1 aliphatic heterocycles. The highest BCUT2D eigenvalue weighted by Crippen LogP contribution is 2.36. The number of nitrogens with one attached hydrogen (secondary N) is 2. The van der Waals surface area contributed by atoms with Gasteiger partial charge in [0, 0.05) is 30.4 Å². The van der Waals surface area contributed by atoms with Crippen molar-refractivity contribution >= 4 is 5.91 Å². The summed E-state index contributed by atoms with van der Waals surface area (Å²) in [7, 11) is 0. The number of pyridine rings is 1. The lowest BCUT2D eigenvalue weighted by atomic mass is 10.2. The number of benzene rings is 2. The van der Waals surface area contributed by atoms with E-state index in [4.69, 9.17) is 18.9 Å². The van der Waals surface area contributed by atoms with Crippen LogP contribution in [0.4, 0.5) is 4.39 Å². The van der Waals surface area contributed by atoms with E-state index < -0.39 is 17.8 Å². The maximum atomic E-state index is 14.6. The van der Waals surface area contributed by atoms with E-state index in [-0.39, 0.29) is 30.3 Å². The molecule has 2 aromatic heterocycles. The fraction of sp³-hybridized carbons (Fsp3) is 0.174. The average Bonchev–Trinajstić information content (AvgIpc) is 3.56. The number of hydrogen-bond donors (Lipinski definition) is 2. The fourth-order valence-corrected chi connectivity index (χ4v) is 3.31. The second kappa shape index (κ2) is 9.63. The van der Waals surface area contributed by atoms with E-state index in [0.29, 0.717) is 28.8 Å². The molecule has 0 saturated heterocycles. The summed E-state index contributed by atoms with van der Waals surface area (Å²) in [6.07, 6.45) is 1.01.